The van der Waals surface area contributed by atoms with E-state index >= 15 is 0 Å². The van der Waals surface area contributed by atoms with E-state index in [2.05, 4.69) is 30.5 Å². The summed E-state index contributed by atoms with van der Waals surface area (Å²) in [5.74, 6) is 1.49. The van der Waals surface area contributed by atoms with Crippen LogP contribution in [0.2, 0.25) is 0 Å². The molecular weight excluding hydrogens is 540 g/mol. The molecule has 5 heterocycles. The first kappa shape index (κ1) is 26.7. The van der Waals surface area contributed by atoms with Crippen molar-refractivity contribution in [1.29, 1.82) is 0 Å². The number of benzene rings is 1. The monoisotopic (exact) mass is 568 g/mol. The lowest BCUT2D eigenvalue weighted by atomic mass is 10.0. The molecular formula is C29H28N8O3S. The Morgan fingerprint density at radius 2 is 1.51 bits per heavy atom. The Bertz CT molecular complexity index is 1690. The van der Waals surface area contributed by atoms with Crippen molar-refractivity contribution in [3.05, 3.63) is 95.6 Å². The SMILES string of the molecule is O=S(=O)(O)C(CCCCCCN1C2=CC3=NC(=CC4=NC(=CC5=NC(=NC1=NN2)N=C5)C=C4)C=C3)c1ccccc1. The molecule has 0 aromatic heterocycles. The summed E-state index contributed by atoms with van der Waals surface area (Å²) in [6.45, 7) is 0.625. The molecule has 0 radical (unpaired) electrons. The van der Waals surface area contributed by atoms with Gasteiger partial charge in [0.15, 0.2) is 0 Å². The van der Waals surface area contributed by atoms with Gasteiger partial charge in [-0.05, 0) is 54.9 Å². The van der Waals surface area contributed by atoms with Gasteiger partial charge in [0.05, 0.1) is 34.7 Å². The van der Waals surface area contributed by atoms with Crippen molar-refractivity contribution in [2.75, 3.05) is 6.54 Å². The topological polar surface area (TPSA) is 144 Å². The van der Waals surface area contributed by atoms with E-state index in [0.717, 1.165) is 47.9 Å². The Morgan fingerprint density at radius 3 is 2.27 bits per heavy atom. The number of hydrogen-bond donors (Lipinski definition) is 2. The molecule has 11 nitrogen and oxygen atoms in total. The van der Waals surface area contributed by atoms with E-state index in [-0.39, 0.29) is 0 Å². The van der Waals surface area contributed by atoms with Crippen LogP contribution in [-0.4, -0.2) is 59.7 Å². The Hall–Kier alpha value is -4.55. The van der Waals surface area contributed by atoms with Gasteiger partial charge in [0.1, 0.15) is 11.1 Å². The molecule has 1 atom stereocenters. The number of nitrogens with one attached hydrogen (secondary N) is 1. The molecule has 1 unspecified atom stereocenters. The van der Waals surface area contributed by atoms with E-state index in [4.69, 9.17) is 4.99 Å². The van der Waals surface area contributed by atoms with Gasteiger partial charge in [-0.25, -0.2) is 20.0 Å². The molecule has 12 heteroatoms. The Morgan fingerprint density at radius 1 is 0.805 bits per heavy atom. The molecule has 0 amide bonds. The summed E-state index contributed by atoms with van der Waals surface area (Å²) in [5.41, 5.74) is 7.48. The van der Waals surface area contributed by atoms with Gasteiger partial charge in [-0.1, -0.05) is 49.6 Å². The highest BCUT2D eigenvalue weighted by atomic mass is 32.2. The van der Waals surface area contributed by atoms with Crippen LogP contribution in [0.1, 0.15) is 42.9 Å². The van der Waals surface area contributed by atoms with Crippen LogP contribution in [0.4, 0.5) is 0 Å². The number of aliphatic imine (C=N–C) groups is 5. The van der Waals surface area contributed by atoms with Crippen LogP contribution in [0, 0.1) is 0 Å². The zero-order chi connectivity index (χ0) is 28.2. The molecule has 5 aliphatic heterocycles. The van der Waals surface area contributed by atoms with E-state index in [9.17, 15) is 13.0 Å². The maximum Gasteiger partial charge on any atom is 0.271 e. The quantitative estimate of drug-likeness (QED) is 0.338. The fourth-order valence-electron chi connectivity index (χ4n) is 4.92. The lowest BCUT2D eigenvalue weighted by Crippen LogP contribution is -2.28. The Kier molecular flexibility index (Phi) is 7.49. The molecule has 208 valence electrons. The molecule has 0 saturated carbocycles. The average molecular weight is 569 g/mol. The van der Waals surface area contributed by atoms with Crippen molar-refractivity contribution in [3.63, 3.8) is 0 Å². The van der Waals surface area contributed by atoms with Crippen molar-refractivity contribution < 1.29 is 13.0 Å². The van der Waals surface area contributed by atoms with Crippen LogP contribution < -0.4 is 5.43 Å². The second-order valence-electron chi connectivity index (χ2n) is 9.91. The van der Waals surface area contributed by atoms with E-state index < -0.39 is 15.4 Å². The van der Waals surface area contributed by atoms with Gasteiger partial charge in [-0.3, -0.25) is 14.9 Å². The molecule has 41 heavy (non-hydrogen) atoms. The third kappa shape index (κ3) is 6.44. The lowest BCUT2D eigenvalue weighted by molar-refractivity contribution is 0.451. The van der Waals surface area contributed by atoms with Crippen molar-refractivity contribution in [3.8, 4) is 0 Å². The summed E-state index contributed by atoms with van der Waals surface area (Å²) in [6, 6.07) is 8.85. The second kappa shape index (κ2) is 11.5. The van der Waals surface area contributed by atoms with Gasteiger partial charge in [-0.2, -0.15) is 13.4 Å². The highest BCUT2D eigenvalue weighted by Crippen LogP contribution is 2.28. The van der Waals surface area contributed by atoms with Crippen molar-refractivity contribution in [2.45, 2.75) is 37.4 Å². The molecule has 0 saturated heterocycles. The molecule has 1 aromatic rings. The smallest absolute Gasteiger partial charge is 0.271 e. The zero-order valence-corrected chi connectivity index (χ0v) is 22.9. The molecule has 0 spiro atoms. The highest BCUT2D eigenvalue weighted by molar-refractivity contribution is 7.86. The van der Waals surface area contributed by atoms with Gasteiger partial charge in [-0.15, -0.1) is 5.10 Å². The minimum absolute atomic E-state index is 0.305. The number of fused-ring (bicyclic) bond motifs is 5. The fourth-order valence-corrected chi connectivity index (χ4v) is 5.89. The number of rotatable bonds is 9. The van der Waals surface area contributed by atoms with E-state index in [1.165, 1.54) is 0 Å². The standard InChI is InChI=1S/C29H28N8O3S/c38-41(39,40)26(20-8-4-3-5-9-20)10-6-1-2-7-15-37-27-18-24-14-13-22(32-24)16-21-11-12-23(31-21)17-25-19-30-28(33-25)34-29(37)36-35-27/h3-5,8-9,11-14,16-19,26,35H,1-2,6-7,10,15H2,(H,38,39,40). The van der Waals surface area contributed by atoms with Crippen molar-refractivity contribution >= 4 is 45.4 Å². The summed E-state index contributed by atoms with van der Waals surface area (Å²) in [6.07, 6.45) is 18.6. The summed E-state index contributed by atoms with van der Waals surface area (Å²) >= 11 is 0. The molecule has 1 aromatic carbocycles. The summed E-state index contributed by atoms with van der Waals surface area (Å²) in [5, 5.41) is 3.50. The Balaban J connectivity index is 1.14. The van der Waals surface area contributed by atoms with Crippen LogP contribution >= 0.6 is 0 Å². The van der Waals surface area contributed by atoms with Crippen molar-refractivity contribution in [2.24, 2.45) is 30.1 Å². The van der Waals surface area contributed by atoms with E-state index in [0.29, 0.717) is 42.6 Å². The normalized spacial score (nSPS) is 19.6. The lowest BCUT2D eigenvalue weighted by Gasteiger charge is -2.19. The van der Waals surface area contributed by atoms with E-state index in [1.807, 2.05) is 53.5 Å². The minimum atomic E-state index is -4.18. The maximum absolute atomic E-state index is 12.0. The van der Waals surface area contributed by atoms with Crippen molar-refractivity contribution in [1.82, 2.24) is 10.3 Å². The molecule has 0 fully saturated rings. The first-order valence-corrected chi connectivity index (χ1v) is 14.9. The number of nitrogens with zero attached hydrogens (tertiary/aromatic N) is 7. The van der Waals surface area contributed by atoms with Crippen LogP contribution in [0.15, 0.2) is 120 Å². The predicted octanol–water partition coefficient (Wildman–Crippen LogP) is 4.27. The number of guanidine groups is 2. The summed E-state index contributed by atoms with van der Waals surface area (Å²) in [7, 11) is -4.18. The average Bonchev–Trinajstić information content (AvgIpc) is 3.75. The second-order valence-corrected chi connectivity index (χ2v) is 11.5. The molecule has 2 N–H and O–H groups in total. The minimum Gasteiger partial charge on any atom is -0.294 e. The van der Waals surface area contributed by atoms with Gasteiger partial charge in [0.25, 0.3) is 22.0 Å². The highest BCUT2D eigenvalue weighted by Gasteiger charge is 2.26. The molecule has 0 aliphatic carbocycles. The predicted molar refractivity (Wildman–Crippen MR) is 162 cm³/mol. The van der Waals surface area contributed by atoms with Gasteiger partial charge in [0.2, 0.25) is 0 Å². The number of hydrazone groups is 1. The fraction of sp³-hybridized carbons (Fsp3) is 0.241. The first-order valence-electron chi connectivity index (χ1n) is 13.4. The van der Waals surface area contributed by atoms with Crippen LogP contribution in [0.5, 0.6) is 0 Å². The summed E-state index contributed by atoms with van der Waals surface area (Å²) < 4.78 is 33.7. The third-order valence-corrected chi connectivity index (χ3v) is 8.14. The summed E-state index contributed by atoms with van der Waals surface area (Å²) in [4.78, 5) is 24.7. The third-order valence-electron chi connectivity index (χ3n) is 6.92. The Labute approximate surface area is 238 Å². The zero-order valence-electron chi connectivity index (χ0n) is 22.1. The van der Waals surface area contributed by atoms with Crippen LogP contribution in [-0.2, 0) is 10.1 Å². The first-order chi connectivity index (χ1) is 19.9. The largest absolute Gasteiger partial charge is 0.294 e. The number of hydrogen-bond acceptors (Lipinski definition) is 10. The van der Waals surface area contributed by atoms with E-state index in [1.54, 1.807) is 30.5 Å². The number of allylic oxidation sites excluding steroid dienone is 7. The maximum atomic E-state index is 12.0. The molecule has 6 rings (SSSR count). The van der Waals surface area contributed by atoms with Crippen LogP contribution in [0.3, 0.4) is 0 Å². The molecule has 5 aliphatic rings. The van der Waals surface area contributed by atoms with Gasteiger partial charge < -0.3 is 0 Å². The number of unbranched alkanes of at least 4 members (excludes halogenated alkanes) is 3. The molecule has 8 bridgehead atoms. The van der Waals surface area contributed by atoms with Gasteiger partial charge in [0, 0.05) is 12.6 Å². The van der Waals surface area contributed by atoms with Gasteiger partial charge >= 0.3 is 0 Å². The van der Waals surface area contributed by atoms with Crippen LogP contribution in [0.25, 0.3) is 0 Å².